The minimum absolute atomic E-state index is 0.262. The Labute approximate surface area is 144 Å². The van der Waals surface area contributed by atoms with Crippen molar-refractivity contribution in [1.29, 1.82) is 0 Å². The van der Waals surface area contributed by atoms with Crippen LogP contribution in [0.4, 0.5) is 11.4 Å². The van der Waals surface area contributed by atoms with Crippen molar-refractivity contribution in [3.63, 3.8) is 0 Å². The average Bonchev–Trinajstić information content (AvgIpc) is 3.33. The average molecular weight is 332 g/mol. The van der Waals surface area contributed by atoms with Gasteiger partial charge >= 0.3 is 0 Å². The minimum atomic E-state index is -0.763. The molecule has 1 aliphatic carbocycles. The van der Waals surface area contributed by atoms with Gasteiger partial charge in [0, 0.05) is 0 Å². The summed E-state index contributed by atoms with van der Waals surface area (Å²) in [6.07, 6.45) is 3.20. The standard InChI is InChI=1S/C19H16N4O2/c24-18-16-17(23(21-20-16)14-7-2-1-3-8-14)19(25)22(18)15-10-9-12-5-4-6-13(12)11-15/h1-3,7-11,16-17H,4-6H2/t16-,17-/m1/s1. The van der Waals surface area contributed by atoms with E-state index in [4.69, 9.17) is 0 Å². The Morgan fingerprint density at radius 1 is 0.880 bits per heavy atom. The molecule has 1 saturated heterocycles. The van der Waals surface area contributed by atoms with Crippen LogP contribution in [-0.2, 0) is 22.4 Å². The number of carbonyl (C=O) groups is 2. The van der Waals surface area contributed by atoms with Gasteiger partial charge in [-0.15, -0.1) is 0 Å². The van der Waals surface area contributed by atoms with Gasteiger partial charge in [0.1, 0.15) is 0 Å². The van der Waals surface area contributed by atoms with Crippen LogP contribution in [0.1, 0.15) is 17.5 Å². The summed E-state index contributed by atoms with van der Waals surface area (Å²) in [4.78, 5) is 27.1. The molecule has 0 bridgehead atoms. The third-order valence-corrected chi connectivity index (χ3v) is 5.14. The number of amides is 2. The Bertz CT molecular complexity index is 909. The van der Waals surface area contributed by atoms with Crippen molar-refractivity contribution in [1.82, 2.24) is 0 Å². The molecule has 0 saturated carbocycles. The Morgan fingerprint density at radius 3 is 2.52 bits per heavy atom. The van der Waals surface area contributed by atoms with Gasteiger partial charge in [0.2, 0.25) is 0 Å². The summed E-state index contributed by atoms with van der Waals surface area (Å²) in [6.45, 7) is 0. The first-order valence-corrected chi connectivity index (χ1v) is 8.49. The van der Waals surface area contributed by atoms with Crippen molar-refractivity contribution in [2.75, 3.05) is 9.91 Å². The van der Waals surface area contributed by atoms with Crippen LogP contribution in [0.15, 0.2) is 58.9 Å². The number of carbonyl (C=O) groups excluding carboxylic acids is 2. The Morgan fingerprint density at radius 2 is 1.68 bits per heavy atom. The smallest absolute Gasteiger partial charge is 0.263 e. The van der Waals surface area contributed by atoms with Gasteiger partial charge in [-0.2, -0.15) is 5.11 Å². The van der Waals surface area contributed by atoms with E-state index in [2.05, 4.69) is 10.3 Å². The number of nitrogens with zero attached hydrogens (tertiary/aromatic N) is 4. The molecule has 0 unspecified atom stereocenters. The number of anilines is 2. The van der Waals surface area contributed by atoms with E-state index in [9.17, 15) is 9.59 Å². The Balaban J connectivity index is 1.51. The number of rotatable bonds is 2. The molecule has 2 aromatic carbocycles. The second kappa shape index (κ2) is 5.24. The topological polar surface area (TPSA) is 65.3 Å². The zero-order valence-electron chi connectivity index (χ0n) is 13.5. The third-order valence-electron chi connectivity index (χ3n) is 5.14. The molecule has 0 aromatic heterocycles. The lowest BCUT2D eigenvalue weighted by Crippen LogP contribution is -2.39. The van der Waals surface area contributed by atoms with E-state index >= 15 is 0 Å². The Hall–Kier alpha value is -3.02. The van der Waals surface area contributed by atoms with Crippen molar-refractivity contribution in [3.05, 3.63) is 59.7 Å². The van der Waals surface area contributed by atoms with Crippen LogP contribution >= 0.6 is 0 Å². The monoisotopic (exact) mass is 332 g/mol. The summed E-state index contributed by atoms with van der Waals surface area (Å²) < 4.78 is 0. The molecule has 1 fully saturated rings. The van der Waals surface area contributed by atoms with Crippen molar-refractivity contribution in [3.8, 4) is 0 Å². The largest absolute Gasteiger partial charge is 0.271 e. The van der Waals surface area contributed by atoms with Crippen LogP contribution in [0, 0.1) is 0 Å². The molecule has 6 heteroatoms. The number of benzene rings is 2. The van der Waals surface area contributed by atoms with Crippen molar-refractivity contribution in [2.24, 2.45) is 10.3 Å². The maximum atomic E-state index is 13.0. The zero-order chi connectivity index (χ0) is 17.0. The SMILES string of the molecule is O=C1[C@@H]2N=NN(c3ccccc3)[C@H]2C(=O)N1c1ccc2c(c1)CCC2. The van der Waals surface area contributed by atoms with Gasteiger partial charge in [0.15, 0.2) is 12.1 Å². The van der Waals surface area contributed by atoms with E-state index in [1.165, 1.54) is 16.0 Å². The van der Waals surface area contributed by atoms with Crippen molar-refractivity contribution in [2.45, 2.75) is 31.3 Å². The van der Waals surface area contributed by atoms with Gasteiger partial charge in [0.05, 0.1) is 11.4 Å². The molecular weight excluding hydrogens is 316 g/mol. The number of aryl methyl sites for hydroxylation is 2. The van der Waals surface area contributed by atoms with Gasteiger partial charge in [-0.25, -0.2) is 9.91 Å². The lowest BCUT2D eigenvalue weighted by Gasteiger charge is -2.20. The summed E-state index contributed by atoms with van der Waals surface area (Å²) >= 11 is 0. The summed E-state index contributed by atoms with van der Waals surface area (Å²) in [6, 6.07) is 13.8. The fourth-order valence-corrected chi connectivity index (χ4v) is 3.91. The molecule has 0 radical (unpaired) electrons. The molecule has 2 heterocycles. The quantitative estimate of drug-likeness (QED) is 0.794. The highest BCUT2D eigenvalue weighted by Crippen LogP contribution is 2.36. The van der Waals surface area contributed by atoms with E-state index < -0.39 is 12.1 Å². The van der Waals surface area contributed by atoms with Crippen molar-refractivity contribution < 1.29 is 9.59 Å². The number of imide groups is 1. The summed E-state index contributed by atoms with van der Waals surface area (Å²) in [5.41, 5.74) is 3.95. The molecule has 2 aliphatic heterocycles. The first kappa shape index (κ1) is 14.3. The van der Waals surface area contributed by atoms with Crippen LogP contribution in [-0.4, -0.2) is 23.9 Å². The van der Waals surface area contributed by atoms with E-state index in [0.29, 0.717) is 5.69 Å². The highest BCUT2D eigenvalue weighted by Gasteiger charge is 2.55. The number of fused-ring (bicyclic) bond motifs is 2. The molecule has 2 amide bonds. The van der Waals surface area contributed by atoms with Gasteiger partial charge in [-0.1, -0.05) is 29.5 Å². The summed E-state index contributed by atoms with van der Waals surface area (Å²) in [7, 11) is 0. The molecule has 3 aliphatic rings. The maximum Gasteiger partial charge on any atom is 0.263 e. The number of hydrogen-bond donors (Lipinski definition) is 0. The van der Waals surface area contributed by atoms with Gasteiger partial charge < -0.3 is 0 Å². The third kappa shape index (κ3) is 2.03. The molecular formula is C19H16N4O2. The predicted octanol–water partition coefficient (Wildman–Crippen LogP) is 2.67. The van der Waals surface area contributed by atoms with E-state index in [1.54, 1.807) is 5.01 Å². The highest BCUT2D eigenvalue weighted by molar-refractivity contribution is 6.26. The fourth-order valence-electron chi connectivity index (χ4n) is 3.91. The molecule has 5 rings (SSSR count). The normalized spacial score (nSPS) is 24.2. The van der Waals surface area contributed by atoms with E-state index in [-0.39, 0.29) is 11.8 Å². The van der Waals surface area contributed by atoms with E-state index in [1.807, 2.05) is 48.5 Å². The molecule has 6 nitrogen and oxygen atoms in total. The van der Waals surface area contributed by atoms with Crippen molar-refractivity contribution >= 4 is 23.2 Å². The van der Waals surface area contributed by atoms with E-state index in [0.717, 1.165) is 24.9 Å². The van der Waals surface area contributed by atoms with Gasteiger partial charge in [-0.3, -0.25) is 9.59 Å². The highest BCUT2D eigenvalue weighted by atomic mass is 16.2. The van der Waals surface area contributed by atoms with Crippen LogP contribution in [0.5, 0.6) is 0 Å². The zero-order valence-corrected chi connectivity index (χ0v) is 13.5. The first-order valence-electron chi connectivity index (χ1n) is 8.49. The minimum Gasteiger partial charge on any atom is -0.271 e. The maximum absolute atomic E-state index is 13.0. The number of para-hydroxylation sites is 1. The number of hydrogen-bond acceptors (Lipinski definition) is 5. The molecule has 0 N–H and O–H groups in total. The van der Waals surface area contributed by atoms with Crippen LogP contribution in [0.25, 0.3) is 0 Å². The second-order valence-corrected chi connectivity index (χ2v) is 6.59. The first-order chi connectivity index (χ1) is 12.2. The molecule has 2 atom stereocenters. The van der Waals surface area contributed by atoms with Crippen LogP contribution in [0.3, 0.4) is 0 Å². The molecule has 2 aromatic rings. The lowest BCUT2D eigenvalue weighted by molar-refractivity contribution is -0.121. The van der Waals surface area contributed by atoms with Gasteiger partial charge in [0.25, 0.3) is 11.8 Å². The molecule has 124 valence electrons. The molecule has 0 spiro atoms. The summed E-state index contributed by atoms with van der Waals surface area (Å²) in [5, 5.41) is 9.70. The van der Waals surface area contributed by atoms with Crippen LogP contribution < -0.4 is 9.91 Å². The fraction of sp³-hybridized carbons (Fsp3) is 0.263. The van der Waals surface area contributed by atoms with Gasteiger partial charge in [-0.05, 0) is 54.7 Å². The Kier molecular flexibility index (Phi) is 3.00. The molecule has 25 heavy (non-hydrogen) atoms. The van der Waals surface area contributed by atoms with Crippen LogP contribution in [0.2, 0.25) is 0 Å². The summed E-state index contributed by atoms with van der Waals surface area (Å²) in [5.74, 6) is -0.558. The predicted molar refractivity (Wildman–Crippen MR) is 92.3 cm³/mol. The lowest BCUT2D eigenvalue weighted by atomic mass is 10.1. The second-order valence-electron chi connectivity index (χ2n) is 6.59.